The number of hydrogen-bond acceptors (Lipinski definition) is 3. The zero-order valence-corrected chi connectivity index (χ0v) is 40.2. The van der Waals surface area contributed by atoms with E-state index in [0.717, 1.165) is 44.9 Å². The van der Waals surface area contributed by atoms with Crippen molar-refractivity contribution in [2.75, 3.05) is 6.61 Å². The van der Waals surface area contributed by atoms with Gasteiger partial charge in [-0.3, -0.25) is 4.79 Å². The van der Waals surface area contributed by atoms with Crippen LogP contribution in [0.15, 0.2) is 60.8 Å². The third-order valence-electron chi connectivity index (χ3n) is 12.0. The third kappa shape index (κ3) is 47.1. The maximum absolute atomic E-state index is 12.4. The van der Waals surface area contributed by atoms with Crippen molar-refractivity contribution >= 4 is 5.91 Å². The average Bonchev–Trinajstić information content (AvgIpc) is 3.25. The van der Waals surface area contributed by atoms with Crippen LogP contribution in [0.5, 0.6) is 0 Å². The summed E-state index contributed by atoms with van der Waals surface area (Å²) in [5.41, 5.74) is 0. The van der Waals surface area contributed by atoms with Crippen molar-refractivity contribution in [3.8, 4) is 0 Å². The van der Waals surface area contributed by atoms with Crippen molar-refractivity contribution in [3.05, 3.63) is 60.8 Å². The molecule has 0 rings (SSSR count). The minimum Gasteiger partial charge on any atom is -0.394 e. The minimum atomic E-state index is -0.875. The molecule has 0 aliphatic heterocycles. The lowest BCUT2D eigenvalue weighted by Crippen LogP contribution is -2.45. The van der Waals surface area contributed by atoms with Crippen molar-refractivity contribution in [3.63, 3.8) is 0 Å². The number of aliphatic hydroxyl groups is 2. The van der Waals surface area contributed by atoms with Crippen molar-refractivity contribution in [2.24, 2.45) is 0 Å². The van der Waals surface area contributed by atoms with Gasteiger partial charge in [0.05, 0.1) is 18.8 Å². The monoisotopic (exact) mass is 838 g/mol. The number of aliphatic hydroxyl groups excluding tert-OH is 2. The van der Waals surface area contributed by atoms with Gasteiger partial charge in [-0.1, -0.05) is 248 Å². The molecule has 0 fully saturated rings. The predicted octanol–water partition coefficient (Wildman–Crippen LogP) is 17.2. The van der Waals surface area contributed by atoms with E-state index < -0.39 is 12.1 Å². The number of unbranched alkanes of at least 4 members (excludes halogenated alkanes) is 33. The Balaban J connectivity index is 3.58. The van der Waals surface area contributed by atoms with E-state index in [4.69, 9.17) is 0 Å². The molecular weight excluding hydrogens is 735 g/mol. The zero-order chi connectivity index (χ0) is 43.5. The molecule has 4 nitrogen and oxygen atoms in total. The van der Waals surface area contributed by atoms with Crippen LogP contribution >= 0.6 is 0 Å². The van der Waals surface area contributed by atoms with E-state index >= 15 is 0 Å². The second-order valence-electron chi connectivity index (χ2n) is 17.9. The Morgan fingerprint density at radius 1 is 0.400 bits per heavy atom. The maximum atomic E-state index is 12.4. The molecule has 0 aromatic heterocycles. The van der Waals surface area contributed by atoms with E-state index in [2.05, 4.69) is 67.8 Å². The molecule has 0 spiro atoms. The SMILES string of the molecule is CCCCC/C=C\C/C=C\CCCCCCCCCCCC(=O)NC(CO)C(O)/C=C/CC/C=C/CC/C=C/CCCCCCCCCCCCCCCCCCCCC. The first-order valence-electron chi connectivity index (χ1n) is 26.5. The quantitative estimate of drug-likeness (QED) is 0.0422. The summed E-state index contributed by atoms with van der Waals surface area (Å²) in [5, 5.41) is 23.1. The number of carbonyl (C=O) groups excluding carboxylic acids is 1. The second-order valence-corrected chi connectivity index (χ2v) is 17.9. The first-order valence-corrected chi connectivity index (χ1v) is 26.5. The van der Waals surface area contributed by atoms with Crippen LogP contribution in [0.3, 0.4) is 0 Å². The smallest absolute Gasteiger partial charge is 0.220 e. The molecule has 60 heavy (non-hydrogen) atoms. The number of hydrogen-bond donors (Lipinski definition) is 3. The number of nitrogens with one attached hydrogen (secondary N) is 1. The molecule has 2 unspecified atom stereocenters. The Morgan fingerprint density at radius 3 is 1.10 bits per heavy atom. The van der Waals surface area contributed by atoms with Gasteiger partial charge in [0.2, 0.25) is 5.91 Å². The lowest BCUT2D eigenvalue weighted by Gasteiger charge is -2.19. The van der Waals surface area contributed by atoms with Crippen molar-refractivity contribution < 1.29 is 15.0 Å². The average molecular weight is 838 g/mol. The van der Waals surface area contributed by atoms with Gasteiger partial charge in [0.25, 0.3) is 0 Å². The van der Waals surface area contributed by atoms with Gasteiger partial charge < -0.3 is 15.5 Å². The topological polar surface area (TPSA) is 69.6 Å². The highest BCUT2D eigenvalue weighted by Gasteiger charge is 2.17. The molecular formula is C56H103NO3. The normalized spacial score (nSPS) is 13.3. The Hall–Kier alpha value is -1.91. The zero-order valence-electron chi connectivity index (χ0n) is 40.2. The molecule has 350 valence electrons. The van der Waals surface area contributed by atoms with Crippen LogP contribution in [0.1, 0.15) is 271 Å². The standard InChI is InChI=1S/C56H103NO3/c1-3-5-7-9-11-13-15-17-19-21-23-24-25-26-27-28-29-30-31-32-34-35-37-39-41-43-45-47-49-51-55(59)54(53-58)57-56(60)52-50-48-46-44-42-40-38-36-33-22-20-18-16-14-12-10-8-6-4-2/h12,14,18,20,34-35,41,43,49,51,54-55,58-59H,3-11,13,15-17,19,21-33,36-40,42,44-48,50,52-53H2,1-2H3,(H,57,60)/b14-12-,20-18-,35-34+,43-41+,51-49+. The predicted molar refractivity (Wildman–Crippen MR) is 267 cm³/mol. The summed E-state index contributed by atoms with van der Waals surface area (Å²) in [6, 6.07) is -0.650. The third-order valence-corrected chi connectivity index (χ3v) is 12.0. The summed E-state index contributed by atoms with van der Waals surface area (Å²) in [4.78, 5) is 12.4. The Labute approximate surface area is 375 Å². The van der Waals surface area contributed by atoms with Crippen molar-refractivity contribution in [1.82, 2.24) is 5.32 Å². The highest BCUT2D eigenvalue weighted by atomic mass is 16.3. The van der Waals surface area contributed by atoms with Crippen LogP contribution in [0.2, 0.25) is 0 Å². The molecule has 0 bridgehead atoms. The Bertz CT molecular complexity index is 996. The van der Waals surface area contributed by atoms with Gasteiger partial charge in [-0.25, -0.2) is 0 Å². The molecule has 1 amide bonds. The summed E-state index contributed by atoms with van der Waals surface area (Å²) < 4.78 is 0. The first-order chi connectivity index (χ1) is 29.7. The molecule has 0 radical (unpaired) electrons. The van der Waals surface area contributed by atoms with Crippen LogP contribution in [0.4, 0.5) is 0 Å². The van der Waals surface area contributed by atoms with E-state index in [0.29, 0.717) is 6.42 Å². The summed E-state index contributed by atoms with van der Waals surface area (Å²) in [6.45, 7) is 4.28. The molecule has 4 heteroatoms. The number of amides is 1. The summed E-state index contributed by atoms with van der Waals surface area (Å²) in [6.07, 6.45) is 72.3. The van der Waals surface area contributed by atoms with Gasteiger partial charge in [-0.05, 0) is 77.0 Å². The first kappa shape index (κ1) is 58.1. The van der Waals surface area contributed by atoms with Gasteiger partial charge in [-0.15, -0.1) is 0 Å². The largest absolute Gasteiger partial charge is 0.394 e. The fraction of sp³-hybridized carbons (Fsp3) is 0.804. The van der Waals surface area contributed by atoms with Gasteiger partial charge in [0.15, 0.2) is 0 Å². The molecule has 3 N–H and O–H groups in total. The molecule has 0 aliphatic rings. The van der Waals surface area contributed by atoms with E-state index in [-0.39, 0.29) is 12.5 Å². The second kappa shape index (κ2) is 51.4. The Morgan fingerprint density at radius 2 is 0.700 bits per heavy atom. The minimum absolute atomic E-state index is 0.0823. The van der Waals surface area contributed by atoms with Crippen molar-refractivity contribution in [2.45, 2.75) is 283 Å². The molecule has 2 atom stereocenters. The van der Waals surface area contributed by atoms with Gasteiger partial charge in [-0.2, -0.15) is 0 Å². The highest BCUT2D eigenvalue weighted by molar-refractivity contribution is 5.76. The van der Waals surface area contributed by atoms with E-state index in [1.165, 1.54) is 205 Å². The lowest BCUT2D eigenvalue weighted by molar-refractivity contribution is -0.123. The number of rotatable bonds is 48. The molecule has 0 saturated heterocycles. The molecule has 0 aromatic carbocycles. The lowest BCUT2D eigenvalue weighted by atomic mass is 10.0. The fourth-order valence-corrected chi connectivity index (χ4v) is 7.89. The van der Waals surface area contributed by atoms with Gasteiger partial charge in [0, 0.05) is 6.42 Å². The highest BCUT2D eigenvalue weighted by Crippen LogP contribution is 2.16. The van der Waals surface area contributed by atoms with Gasteiger partial charge in [0.1, 0.15) is 0 Å². The number of carbonyl (C=O) groups is 1. The van der Waals surface area contributed by atoms with Crippen LogP contribution in [-0.2, 0) is 4.79 Å². The van der Waals surface area contributed by atoms with E-state index in [9.17, 15) is 15.0 Å². The molecule has 0 aromatic rings. The molecule has 0 aliphatic carbocycles. The number of allylic oxidation sites excluding steroid dienone is 9. The summed E-state index contributed by atoms with van der Waals surface area (Å²) in [5.74, 6) is -0.0823. The van der Waals surface area contributed by atoms with E-state index in [1.807, 2.05) is 6.08 Å². The molecule has 0 heterocycles. The maximum Gasteiger partial charge on any atom is 0.220 e. The van der Waals surface area contributed by atoms with Crippen LogP contribution in [0, 0.1) is 0 Å². The van der Waals surface area contributed by atoms with Crippen LogP contribution < -0.4 is 5.32 Å². The fourth-order valence-electron chi connectivity index (χ4n) is 7.89. The summed E-state index contributed by atoms with van der Waals surface area (Å²) >= 11 is 0. The molecule has 0 saturated carbocycles. The van der Waals surface area contributed by atoms with Crippen molar-refractivity contribution in [1.29, 1.82) is 0 Å². The van der Waals surface area contributed by atoms with Crippen LogP contribution in [-0.4, -0.2) is 34.9 Å². The van der Waals surface area contributed by atoms with Crippen LogP contribution in [0.25, 0.3) is 0 Å². The summed E-state index contributed by atoms with van der Waals surface area (Å²) in [7, 11) is 0. The van der Waals surface area contributed by atoms with E-state index in [1.54, 1.807) is 6.08 Å². The van der Waals surface area contributed by atoms with Gasteiger partial charge >= 0.3 is 0 Å². The Kier molecular flexibility index (Phi) is 49.8.